The van der Waals surface area contributed by atoms with Crippen molar-refractivity contribution in [2.75, 3.05) is 20.2 Å². The largest absolute Gasteiger partial charge is 0.496 e. The first-order valence-corrected chi connectivity index (χ1v) is 15.9. The monoisotopic (exact) mass is 617 g/mol. The number of hydrogen-bond donors (Lipinski definition) is 0. The van der Waals surface area contributed by atoms with Gasteiger partial charge in [-0.2, -0.15) is 0 Å². The number of carbonyl (C=O) groups is 1. The lowest BCUT2D eigenvalue weighted by Gasteiger charge is -2.29. The molecule has 6 rings (SSSR count). The van der Waals surface area contributed by atoms with E-state index in [1.54, 1.807) is 16.6 Å². The molecule has 1 aliphatic heterocycles. The normalized spacial score (nSPS) is 14.7. The van der Waals surface area contributed by atoms with E-state index < -0.39 is 6.04 Å². The molecule has 0 saturated heterocycles. The van der Waals surface area contributed by atoms with Gasteiger partial charge < -0.3 is 14.4 Å². The number of fused-ring (bicyclic) bond motifs is 2. The molecule has 0 saturated carbocycles. The Morgan fingerprint density at radius 1 is 0.933 bits per heavy atom. The van der Waals surface area contributed by atoms with E-state index in [0.29, 0.717) is 51.8 Å². The van der Waals surface area contributed by atoms with Crippen LogP contribution in [0.4, 0.5) is 0 Å². The van der Waals surface area contributed by atoms with Crippen LogP contribution in [-0.4, -0.2) is 35.6 Å². The molecule has 1 amide bonds. The molecule has 2 heterocycles. The average molecular weight is 618 g/mol. The lowest BCUT2D eigenvalue weighted by Crippen LogP contribution is -2.43. The van der Waals surface area contributed by atoms with Crippen LogP contribution in [0.2, 0.25) is 0 Å². The number of likely N-dealkylation sites (N-methyl/N-ethyl adjacent to an activating group) is 1. The van der Waals surface area contributed by atoms with Crippen LogP contribution in [-0.2, 0) is 11.4 Å². The highest BCUT2D eigenvalue weighted by atomic mass is 32.1. The Morgan fingerprint density at radius 3 is 2.40 bits per heavy atom. The van der Waals surface area contributed by atoms with Crippen molar-refractivity contribution < 1.29 is 14.3 Å². The van der Waals surface area contributed by atoms with Crippen molar-refractivity contribution in [3.63, 3.8) is 0 Å². The number of carbonyl (C=O) groups excluding carboxylic acids is 1. The lowest BCUT2D eigenvalue weighted by atomic mass is 9.94. The number of amides is 1. The van der Waals surface area contributed by atoms with Crippen LogP contribution >= 0.6 is 11.3 Å². The Labute approximate surface area is 266 Å². The molecule has 5 aromatic rings. The number of ether oxygens (including phenoxy) is 2. The second kappa shape index (κ2) is 13.0. The SMILES string of the molecule is CCN(CC)C(=O)C1=C(C)N=c2s/c(=C/c3c(OCc4ccccc4)ccc4ccccc34)c(=O)n2[C@@H]1c1ccccc1OC. The number of allylic oxidation sites excluding steroid dienone is 1. The fraction of sp³-hybridized carbons (Fsp3) is 0.216. The molecule has 45 heavy (non-hydrogen) atoms. The first kappa shape index (κ1) is 30.1. The standard InChI is InChI=1S/C37H35N3O4S/c1-5-39(6-2)36(42)33-24(3)38-37-40(34(33)28-18-12-13-19-30(28)43-4)35(41)32(45-37)22-29-27-17-11-10-16-26(27)20-21-31(29)44-23-25-14-8-7-9-15-25/h7-22,34H,5-6,23H2,1-4H3/b32-22+/t34-/m1/s1. The van der Waals surface area contributed by atoms with Crippen LogP contribution in [0.25, 0.3) is 16.8 Å². The number of para-hydroxylation sites is 1. The third-order valence-corrected chi connectivity index (χ3v) is 9.16. The van der Waals surface area contributed by atoms with Gasteiger partial charge >= 0.3 is 0 Å². The minimum atomic E-state index is -0.700. The fourth-order valence-corrected chi connectivity index (χ4v) is 6.91. The second-order valence-electron chi connectivity index (χ2n) is 10.8. The molecule has 0 fully saturated rings. The summed E-state index contributed by atoms with van der Waals surface area (Å²) in [5.74, 6) is 1.14. The highest BCUT2D eigenvalue weighted by Crippen LogP contribution is 2.36. The van der Waals surface area contributed by atoms with Gasteiger partial charge in [-0.15, -0.1) is 0 Å². The summed E-state index contributed by atoms with van der Waals surface area (Å²) in [6, 6.07) is 28.9. The van der Waals surface area contributed by atoms with Crippen LogP contribution < -0.4 is 24.4 Å². The number of hydrogen-bond acceptors (Lipinski definition) is 6. The van der Waals surface area contributed by atoms with Gasteiger partial charge in [0.05, 0.1) is 22.9 Å². The number of benzene rings is 4. The van der Waals surface area contributed by atoms with Crippen LogP contribution in [0.5, 0.6) is 11.5 Å². The van der Waals surface area contributed by atoms with Crippen molar-refractivity contribution in [3.05, 3.63) is 139 Å². The zero-order valence-electron chi connectivity index (χ0n) is 25.8. The molecule has 1 aromatic heterocycles. The molecule has 0 unspecified atom stereocenters. The van der Waals surface area contributed by atoms with Gasteiger partial charge in [0.15, 0.2) is 4.80 Å². The van der Waals surface area contributed by atoms with Crippen molar-refractivity contribution >= 4 is 34.1 Å². The second-order valence-corrected chi connectivity index (χ2v) is 11.8. The van der Waals surface area contributed by atoms with E-state index in [2.05, 4.69) is 0 Å². The van der Waals surface area contributed by atoms with E-state index in [1.807, 2.05) is 118 Å². The van der Waals surface area contributed by atoms with Crippen molar-refractivity contribution in [1.29, 1.82) is 0 Å². The summed E-state index contributed by atoms with van der Waals surface area (Å²) in [7, 11) is 1.60. The van der Waals surface area contributed by atoms with E-state index in [0.717, 1.165) is 27.5 Å². The predicted molar refractivity (Wildman–Crippen MR) is 179 cm³/mol. The van der Waals surface area contributed by atoms with E-state index in [9.17, 15) is 9.59 Å². The molecule has 228 valence electrons. The van der Waals surface area contributed by atoms with Crippen LogP contribution in [0.15, 0.2) is 112 Å². The molecule has 4 aromatic carbocycles. The average Bonchev–Trinajstić information content (AvgIpc) is 3.38. The summed E-state index contributed by atoms with van der Waals surface area (Å²) in [6.07, 6.45) is 1.90. The molecule has 0 aliphatic carbocycles. The smallest absolute Gasteiger partial charge is 0.271 e. The van der Waals surface area contributed by atoms with Gasteiger partial charge in [0, 0.05) is 24.2 Å². The zero-order chi connectivity index (χ0) is 31.5. The maximum atomic E-state index is 14.5. The number of methoxy groups -OCH3 is 1. The third-order valence-electron chi connectivity index (χ3n) is 8.18. The Bertz CT molecular complexity index is 2090. The number of rotatable bonds is 9. The van der Waals surface area contributed by atoms with Crippen molar-refractivity contribution in [1.82, 2.24) is 9.47 Å². The zero-order valence-corrected chi connectivity index (χ0v) is 26.6. The summed E-state index contributed by atoms with van der Waals surface area (Å²) in [5.41, 5.74) is 3.43. The molecule has 1 atom stereocenters. The van der Waals surface area contributed by atoms with Gasteiger partial charge in [0.1, 0.15) is 24.1 Å². The molecule has 0 N–H and O–H groups in total. The molecular weight excluding hydrogens is 582 g/mol. The Morgan fingerprint density at radius 2 is 1.64 bits per heavy atom. The first-order valence-electron chi connectivity index (χ1n) is 15.1. The van der Waals surface area contributed by atoms with Crippen molar-refractivity contribution in [3.8, 4) is 11.5 Å². The van der Waals surface area contributed by atoms with E-state index in [4.69, 9.17) is 14.5 Å². The molecule has 0 radical (unpaired) electrons. The maximum absolute atomic E-state index is 14.5. The van der Waals surface area contributed by atoms with Crippen LogP contribution in [0, 0.1) is 0 Å². The minimum Gasteiger partial charge on any atom is -0.496 e. The Kier molecular flexibility index (Phi) is 8.67. The van der Waals surface area contributed by atoms with E-state index >= 15 is 0 Å². The maximum Gasteiger partial charge on any atom is 0.271 e. The van der Waals surface area contributed by atoms with E-state index in [-0.39, 0.29) is 11.5 Å². The number of nitrogens with zero attached hydrogens (tertiary/aromatic N) is 3. The van der Waals surface area contributed by atoms with Crippen LogP contribution in [0.3, 0.4) is 0 Å². The van der Waals surface area contributed by atoms with Crippen LogP contribution in [0.1, 0.15) is 43.5 Å². The highest BCUT2D eigenvalue weighted by Gasteiger charge is 2.35. The predicted octanol–water partition coefficient (Wildman–Crippen LogP) is 5.84. The molecular formula is C37H35N3O4S. The van der Waals surface area contributed by atoms with Crippen molar-refractivity contribution in [2.24, 2.45) is 4.99 Å². The highest BCUT2D eigenvalue weighted by molar-refractivity contribution is 7.07. The third kappa shape index (κ3) is 5.69. The summed E-state index contributed by atoms with van der Waals surface area (Å²) in [4.78, 5) is 35.6. The molecule has 7 nitrogen and oxygen atoms in total. The van der Waals surface area contributed by atoms with Gasteiger partial charge in [0.25, 0.3) is 11.5 Å². The summed E-state index contributed by atoms with van der Waals surface area (Å²) in [5, 5.41) is 2.02. The molecule has 0 bridgehead atoms. The van der Waals surface area contributed by atoms with Gasteiger partial charge in [-0.25, -0.2) is 4.99 Å². The quantitative estimate of drug-likeness (QED) is 0.208. The number of aromatic nitrogens is 1. The molecule has 1 aliphatic rings. The summed E-state index contributed by atoms with van der Waals surface area (Å²) >= 11 is 1.31. The molecule has 8 heteroatoms. The Balaban J connectivity index is 1.56. The minimum absolute atomic E-state index is 0.142. The topological polar surface area (TPSA) is 73.1 Å². The fourth-order valence-electron chi connectivity index (χ4n) is 5.88. The molecule has 0 spiro atoms. The first-order chi connectivity index (χ1) is 21.9. The summed E-state index contributed by atoms with van der Waals surface area (Å²) in [6.45, 7) is 7.23. The van der Waals surface area contributed by atoms with Crippen molar-refractivity contribution in [2.45, 2.75) is 33.4 Å². The van der Waals surface area contributed by atoms with E-state index in [1.165, 1.54) is 11.3 Å². The van der Waals surface area contributed by atoms with Gasteiger partial charge in [-0.05, 0) is 55.3 Å². The van der Waals surface area contributed by atoms with Gasteiger partial charge in [-0.1, -0.05) is 90.2 Å². The van der Waals surface area contributed by atoms with Gasteiger partial charge in [-0.3, -0.25) is 14.2 Å². The lowest BCUT2D eigenvalue weighted by molar-refractivity contribution is -0.127. The number of thiazole rings is 1. The Hall–Kier alpha value is -4.95. The van der Waals surface area contributed by atoms with Gasteiger partial charge in [0.2, 0.25) is 0 Å². The summed E-state index contributed by atoms with van der Waals surface area (Å²) < 4.78 is 14.2.